The zero-order chi connectivity index (χ0) is 50.0. The van der Waals surface area contributed by atoms with Gasteiger partial charge in [0, 0.05) is 48.2 Å². The quantitative estimate of drug-likeness (QED) is 0.112. The molecule has 19 heteroatoms. The van der Waals surface area contributed by atoms with E-state index >= 15 is 0 Å². The highest BCUT2D eigenvalue weighted by atomic mass is 35.5. The van der Waals surface area contributed by atoms with Crippen LogP contribution in [0.4, 0.5) is 0 Å². The van der Waals surface area contributed by atoms with Crippen LogP contribution in [0.25, 0.3) is 16.7 Å². The molecule has 0 unspecified atom stereocenters. The van der Waals surface area contributed by atoms with Crippen molar-refractivity contribution in [1.29, 1.82) is 0 Å². The number of aromatic hydroxyl groups is 1. The van der Waals surface area contributed by atoms with Crippen LogP contribution in [0.15, 0.2) is 96.8 Å². The second-order valence-electron chi connectivity index (χ2n) is 17.0. The first-order valence-corrected chi connectivity index (χ1v) is 22.5. The summed E-state index contributed by atoms with van der Waals surface area (Å²) in [7, 11) is 1.33. The van der Waals surface area contributed by atoms with Crippen LogP contribution in [0.1, 0.15) is 67.9 Å². The second kappa shape index (κ2) is 23.1. The molecular weight excluding hydrogens is 896 g/mol. The van der Waals surface area contributed by atoms with Crippen LogP contribution in [-0.2, 0) is 35.2 Å². The zero-order valence-corrected chi connectivity index (χ0v) is 39.1. The number of amides is 7. The van der Waals surface area contributed by atoms with E-state index in [-0.39, 0.29) is 59.6 Å². The van der Waals surface area contributed by atoms with Crippen molar-refractivity contribution in [3.8, 4) is 16.9 Å². The molecule has 0 saturated carbocycles. The van der Waals surface area contributed by atoms with Gasteiger partial charge in [-0.3, -0.25) is 33.6 Å². The lowest BCUT2D eigenvalue weighted by Crippen LogP contribution is -2.59. The third-order valence-corrected chi connectivity index (χ3v) is 12.2. The lowest BCUT2D eigenvalue weighted by Gasteiger charge is -2.32. The Bertz CT molecular complexity index is 2480. The number of aliphatic hydroxyl groups is 2. The molecule has 68 heavy (non-hydrogen) atoms. The van der Waals surface area contributed by atoms with Gasteiger partial charge < -0.3 is 57.9 Å². The maximum Gasteiger partial charge on any atom is 0.251 e. The lowest BCUT2D eigenvalue weighted by molar-refractivity contribution is -0.141. The molecule has 1 saturated heterocycles. The fraction of sp³-hybridized carbons (Fsp3) is 0.367. The molecule has 3 aromatic carbocycles. The Morgan fingerprint density at radius 1 is 0.941 bits per heavy atom. The van der Waals surface area contributed by atoms with E-state index in [1.54, 1.807) is 36.4 Å². The third-order valence-electron chi connectivity index (χ3n) is 12.0. The Labute approximate surface area is 399 Å². The number of fused-ring (bicyclic) bond motifs is 2. The summed E-state index contributed by atoms with van der Waals surface area (Å²) in [6.07, 6.45) is 2.38. The number of carbonyl (C=O) groups excluding carboxylic acids is 7. The smallest absolute Gasteiger partial charge is 0.251 e. The highest BCUT2D eigenvalue weighted by Crippen LogP contribution is 2.30. The van der Waals surface area contributed by atoms with Gasteiger partial charge in [-0.25, -0.2) is 0 Å². The number of aliphatic hydroxyl groups excluding tert-OH is 2. The van der Waals surface area contributed by atoms with Gasteiger partial charge in [0.05, 0.1) is 6.10 Å². The van der Waals surface area contributed by atoms with Crippen molar-refractivity contribution in [3.63, 3.8) is 0 Å². The monoisotopic (exact) mass is 954 g/mol. The summed E-state index contributed by atoms with van der Waals surface area (Å²) in [6, 6.07) is 10.5. The summed E-state index contributed by atoms with van der Waals surface area (Å²) in [5.41, 5.74) is 13.9. The Hall–Kier alpha value is -7.02. The molecule has 362 valence electrons. The first-order valence-electron chi connectivity index (χ1n) is 22.1. The molecule has 2 heterocycles. The minimum absolute atomic E-state index is 0.0137. The minimum Gasteiger partial charge on any atom is -0.508 e. The number of primary amides is 1. The van der Waals surface area contributed by atoms with Crippen molar-refractivity contribution >= 4 is 58.5 Å². The van der Waals surface area contributed by atoms with Gasteiger partial charge in [0.2, 0.25) is 35.4 Å². The predicted octanol–water partition coefficient (Wildman–Crippen LogP) is 2.37. The molecular formula is C49H59ClN8O10. The summed E-state index contributed by atoms with van der Waals surface area (Å²) in [6.45, 7) is 8.41. The average Bonchev–Trinajstić information content (AvgIpc) is 3.71. The first kappa shape index (κ1) is 52.0. The van der Waals surface area contributed by atoms with Gasteiger partial charge >= 0.3 is 0 Å². The summed E-state index contributed by atoms with van der Waals surface area (Å²) in [5.74, 6) is -5.90. The summed E-state index contributed by atoms with van der Waals surface area (Å²) in [4.78, 5) is 98.1. The van der Waals surface area contributed by atoms with Crippen LogP contribution >= 0.6 is 11.6 Å². The number of hydrogen-bond acceptors (Lipinski definition) is 11. The molecule has 18 nitrogen and oxygen atoms in total. The standard InChI is InChI=1S/C49H59ClN8O10/c1-26-9-19-40(60)27(2)36-22-30(10-20-41(36)61)23-38(46(65)54-29(4)48(67)58-25-35(59)24-39(58)43(52)62)56-44(63)28(3)53-47(66)42(26)57(5)49(68)37(8-6-7-21-51)55-45(64)33-13-11-31(12-14-33)32-15-17-34(50)18-16-32/h9-20,22,28-29,35,37-39,42,59-61H,1,6-8,21,23-25,51H2,2-5H3,(H2,52,62)(H,53,66)(H,54,65)(H,55,64)(H,56,63)/b19-9-,40-27-/t28-,29-,35+,37-,38-,39-,42-/m0/s1. The van der Waals surface area contributed by atoms with E-state index in [0.717, 1.165) is 20.9 Å². The number of likely N-dealkylation sites (tertiary alicyclic amines) is 1. The number of β-amino-alcohol motifs (C(OH)–C–C–N with tert-alkyl or cyclic N) is 1. The summed E-state index contributed by atoms with van der Waals surface area (Å²) < 4.78 is 0. The molecule has 11 N–H and O–H groups in total. The number of hydrogen-bond donors (Lipinski definition) is 9. The molecule has 0 aromatic heterocycles. The topological polar surface area (TPSA) is 287 Å². The molecule has 7 amide bonds. The number of nitrogens with one attached hydrogen (secondary N) is 4. The third kappa shape index (κ3) is 12.9. The minimum atomic E-state index is -1.53. The summed E-state index contributed by atoms with van der Waals surface area (Å²) >= 11 is 6.04. The summed E-state index contributed by atoms with van der Waals surface area (Å²) in [5, 5.41) is 43.5. The van der Waals surface area contributed by atoms with Crippen molar-refractivity contribution in [1.82, 2.24) is 31.1 Å². The molecule has 2 aliphatic heterocycles. The average molecular weight is 956 g/mol. The second-order valence-corrected chi connectivity index (χ2v) is 17.5. The molecule has 2 aliphatic rings. The predicted molar refractivity (Wildman–Crippen MR) is 255 cm³/mol. The molecule has 3 aromatic rings. The van der Waals surface area contributed by atoms with E-state index in [1.807, 2.05) is 12.1 Å². The first-order chi connectivity index (χ1) is 32.2. The van der Waals surface area contributed by atoms with Gasteiger partial charge in [0.25, 0.3) is 5.91 Å². The number of halogens is 1. The van der Waals surface area contributed by atoms with Crippen LogP contribution in [-0.4, -0.2) is 129 Å². The van der Waals surface area contributed by atoms with E-state index < -0.39 is 83.7 Å². The Morgan fingerprint density at radius 3 is 2.22 bits per heavy atom. The van der Waals surface area contributed by atoms with Crippen LogP contribution in [0.2, 0.25) is 5.02 Å². The molecule has 0 spiro atoms. The van der Waals surface area contributed by atoms with E-state index in [4.69, 9.17) is 23.1 Å². The van der Waals surface area contributed by atoms with Gasteiger partial charge in [0.15, 0.2) is 0 Å². The molecule has 7 atom stereocenters. The number of allylic oxidation sites excluding steroid dienone is 2. The number of benzene rings is 3. The van der Waals surface area contributed by atoms with Gasteiger partial charge in [-0.1, -0.05) is 54.6 Å². The Morgan fingerprint density at radius 2 is 1.59 bits per heavy atom. The van der Waals surface area contributed by atoms with Crippen LogP contribution in [0.5, 0.6) is 5.75 Å². The fourth-order valence-electron chi connectivity index (χ4n) is 8.02. The van der Waals surface area contributed by atoms with Crippen molar-refractivity contribution in [2.75, 3.05) is 20.1 Å². The van der Waals surface area contributed by atoms with Crippen molar-refractivity contribution in [2.45, 2.75) is 95.2 Å². The van der Waals surface area contributed by atoms with Crippen molar-refractivity contribution in [2.24, 2.45) is 11.5 Å². The normalized spacial score (nSPS) is 22.5. The van der Waals surface area contributed by atoms with E-state index in [0.29, 0.717) is 30.0 Å². The Balaban J connectivity index is 1.44. The van der Waals surface area contributed by atoms with E-state index in [1.165, 1.54) is 58.2 Å². The maximum atomic E-state index is 14.5. The number of rotatable bonds is 13. The molecule has 0 radical (unpaired) electrons. The SMILES string of the molecule is C=C1/C=C\C(O)=C(/C)c2cc(ccc2O)C[C@@H](C(=O)N[C@@H](C)C(=O)N2C[C@H](O)C[C@H]2C(N)=O)NC(=O)[C@H](C)NC(=O)[C@H]1N(C)C(=O)[C@H](CCCCN)NC(=O)c1ccc(-c2ccc(Cl)cc2)cc1. The lowest BCUT2D eigenvalue weighted by atomic mass is 9.97. The van der Waals surface area contributed by atoms with Gasteiger partial charge in [-0.15, -0.1) is 0 Å². The van der Waals surface area contributed by atoms with Gasteiger partial charge in [0.1, 0.15) is 47.8 Å². The van der Waals surface area contributed by atoms with Crippen molar-refractivity contribution < 1.29 is 48.9 Å². The number of nitrogens with zero attached hydrogens (tertiary/aromatic N) is 2. The van der Waals surface area contributed by atoms with Crippen molar-refractivity contribution in [3.05, 3.63) is 119 Å². The number of carbonyl (C=O) groups is 7. The largest absolute Gasteiger partial charge is 0.508 e. The van der Waals surface area contributed by atoms with Crippen LogP contribution in [0, 0.1) is 0 Å². The number of unbranched alkanes of at least 4 members (excludes halogenated alkanes) is 1. The number of phenolic OH excluding ortho intramolecular Hbond substituents is 1. The van der Waals surface area contributed by atoms with Gasteiger partial charge in [-0.2, -0.15) is 0 Å². The number of phenols is 1. The molecule has 5 rings (SSSR count). The zero-order valence-electron chi connectivity index (χ0n) is 38.3. The molecule has 1 fully saturated rings. The van der Waals surface area contributed by atoms with Gasteiger partial charge in [-0.05, 0) is 111 Å². The highest BCUT2D eigenvalue weighted by molar-refractivity contribution is 6.30. The molecule has 2 bridgehead atoms. The maximum absolute atomic E-state index is 14.5. The Kier molecular flexibility index (Phi) is 17.7. The highest BCUT2D eigenvalue weighted by Gasteiger charge is 2.40. The van der Waals surface area contributed by atoms with E-state index in [9.17, 15) is 48.9 Å². The molecule has 0 aliphatic carbocycles. The fourth-order valence-corrected chi connectivity index (χ4v) is 8.14. The van der Waals surface area contributed by atoms with E-state index in [2.05, 4.69) is 27.8 Å². The number of likely N-dealkylation sites (N-methyl/N-ethyl adjacent to an activating group) is 1. The number of nitrogens with two attached hydrogens (primary N) is 2. The van der Waals surface area contributed by atoms with Crippen LogP contribution < -0.4 is 32.7 Å². The van der Waals surface area contributed by atoms with Crippen LogP contribution in [0.3, 0.4) is 0 Å².